The fourth-order valence-corrected chi connectivity index (χ4v) is 2.65. The predicted octanol–water partition coefficient (Wildman–Crippen LogP) is 3.59. The van der Waals surface area contributed by atoms with Gasteiger partial charge >= 0.3 is 0 Å². The minimum Gasteiger partial charge on any atom is -0.480 e. The van der Waals surface area contributed by atoms with Gasteiger partial charge in [0.2, 0.25) is 5.88 Å². The predicted molar refractivity (Wildman–Crippen MR) is 76.6 cm³/mol. The number of pyridine rings is 1. The highest BCUT2D eigenvalue weighted by Gasteiger charge is 2.30. The summed E-state index contributed by atoms with van der Waals surface area (Å²) in [5, 5.41) is 3.43. The van der Waals surface area contributed by atoms with E-state index in [0.29, 0.717) is 17.8 Å². The van der Waals surface area contributed by atoms with Crippen molar-refractivity contribution in [2.24, 2.45) is 0 Å². The first-order chi connectivity index (χ1) is 9.76. The number of aromatic nitrogens is 1. The molecule has 0 spiro atoms. The maximum atomic E-state index is 13.2. The number of nitrogens with zero attached hydrogens (tertiary/aromatic N) is 1. The Morgan fingerprint density at radius 2 is 2.10 bits per heavy atom. The highest BCUT2D eigenvalue weighted by Crippen LogP contribution is 2.39. The average Bonchev–Trinajstić information content (AvgIpc) is 2.42. The molecule has 0 amide bonds. The van der Waals surface area contributed by atoms with Gasteiger partial charge in [0, 0.05) is 12.2 Å². The van der Waals surface area contributed by atoms with Crippen LogP contribution in [0.15, 0.2) is 42.6 Å². The molecule has 20 heavy (non-hydrogen) atoms. The maximum absolute atomic E-state index is 13.2. The van der Waals surface area contributed by atoms with Crippen LogP contribution in [-0.4, -0.2) is 18.1 Å². The van der Waals surface area contributed by atoms with Crippen LogP contribution in [0.25, 0.3) is 0 Å². The van der Waals surface area contributed by atoms with Crippen molar-refractivity contribution in [1.82, 2.24) is 4.98 Å². The van der Waals surface area contributed by atoms with Gasteiger partial charge in [-0.15, -0.1) is 0 Å². The van der Waals surface area contributed by atoms with Crippen LogP contribution in [0.3, 0.4) is 0 Å². The van der Waals surface area contributed by atoms with Gasteiger partial charge in [0.25, 0.3) is 0 Å². The molecule has 0 saturated heterocycles. The molecule has 0 aliphatic heterocycles. The van der Waals surface area contributed by atoms with E-state index in [4.69, 9.17) is 4.74 Å². The second-order valence-corrected chi connectivity index (χ2v) is 5.12. The van der Waals surface area contributed by atoms with E-state index in [1.165, 1.54) is 6.07 Å². The third-order valence-electron chi connectivity index (χ3n) is 3.78. The van der Waals surface area contributed by atoms with Crippen molar-refractivity contribution in [2.75, 3.05) is 12.4 Å². The molecule has 1 aliphatic carbocycles. The van der Waals surface area contributed by atoms with Gasteiger partial charge < -0.3 is 10.1 Å². The van der Waals surface area contributed by atoms with Crippen molar-refractivity contribution < 1.29 is 9.13 Å². The molecule has 0 unspecified atom stereocenters. The van der Waals surface area contributed by atoms with Gasteiger partial charge in [-0.2, -0.15) is 0 Å². The van der Waals surface area contributed by atoms with E-state index in [9.17, 15) is 4.39 Å². The van der Waals surface area contributed by atoms with Crippen LogP contribution in [0.5, 0.6) is 5.88 Å². The average molecular weight is 272 g/mol. The molecule has 1 aromatic heterocycles. The quantitative estimate of drug-likeness (QED) is 0.923. The van der Waals surface area contributed by atoms with E-state index in [0.717, 1.165) is 24.1 Å². The molecule has 1 fully saturated rings. The number of nitrogens with one attached hydrogen (secondary N) is 1. The van der Waals surface area contributed by atoms with Crippen molar-refractivity contribution >= 4 is 5.69 Å². The summed E-state index contributed by atoms with van der Waals surface area (Å²) in [6, 6.07) is 11.1. The summed E-state index contributed by atoms with van der Waals surface area (Å²) < 4.78 is 18.4. The molecule has 4 heteroatoms. The fourth-order valence-electron chi connectivity index (χ4n) is 2.65. The van der Waals surface area contributed by atoms with Gasteiger partial charge in [0.1, 0.15) is 5.82 Å². The number of anilines is 1. The lowest BCUT2D eigenvalue weighted by atomic mass is 9.76. The lowest BCUT2D eigenvalue weighted by Gasteiger charge is -2.37. The second-order valence-electron chi connectivity index (χ2n) is 5.12. The summed E-state index contributed by atoms with van der Waals surface area (Å²) in [4.78, 5) is 4.16. The standard InChI is InChI=1S/C16H17FN2O/c1-20-16-15(6-3-7-18-16)19-14-9-12(10-14)11-4-2-5-13(17)8-11/h2-8,12,14,19H,9-10H2,1H3. The van der Waals surface area contributed by atoms with Crippen molar-refractivity contribution in [3.05, 3.63) is 54.0 Å². The summed E-state index contributed by atoms with van der Waals surface area (Å²) in [7, 11) is 1.61. The Hall–Kier alpha value is -2.10. The third kappa shape index (κ3) is 2.59. The van der Waals surface area contributed by atoms with E-state index in [1.807, 2.05) is 18.2 Å². The molecule has 0 radical (unpaired) electrons. The molecule has 1 heterocycles. The Morgan fingerprint density at radius 3 is 2.85 bits per heavy atom. The smallest absolute Gasteiger partial charge is 0.237 e. The van der Waals surface area contributed by atoms with Crippen molar-refractivity contribution in [1.29, 1.82) is 0 Å². The van der Waals surface area contributed by atoms with Gasteiger partial charge in [-0.05, 0) is 48.6 Å². The maximum Gasteiger partial charge on any atom is 0.237 e. The Kier molecular flexibility index (Phi) is 3.54. The van der Waals surface area contributed by atoms with E-state index >= 15 is 0 Å². The summed E-state index contributed by atoms with van der Waals surface area (Å²) in [6.07, 6.45) is 3.71. The second kappa shape index (κ2) is 5.49. The third-order valence-corrected chi connectivity index (χ3v) is 3.78. The molecule has 0 bridgehead atoms. The first kappa shape index (κ1) is 12.9. The zero-order chi connectivity index (χ0) is 13.9. The number of rotatable bonds is 4. The van der Waals surface area contributed by atoms with Gasteiger partial charge in [-0.1, -0.05) is 12.1 Å². The van der Waals surface area contributed by atoms with Crippen LogP contribution in [0.4, 0.5) is 10.1 Å². The molecular formula is C16H17FN2O. The lowest BCUT2D eigenvalue weighted by Crippen LogP contribution is -2.34. The number of ether oxygens (including phenoxy) is 1. The number of halogens is 1. The van der Waals surface area contributed by atoms with Crippen LogP contribution in [0, 0.1) is 5.82 Å². The molecule has 1 aromatic carbocycles. The van der Waals surface area contributed by atoms with Crippen LogP contribution >= 0.6 is 0 Å². The zero-order valence-electron chi connectivity index (χ0n) is 11.3. The molecule has 1 N–H and O–H groups in total. The minimum atomic E-state index is -0.159. The normalized spacial score (nSPS) is 21.1. The van der Waals surface area contributed by atoms with Gasteiger partial charge in [-0.3, -0.25) is 0 Å². The monoisotopic (exact) mass is 272 g/mol. The molecule has 3 rings (SSSR count). The Balaban J connectivity index is 1.61. The SMILES string of the molecule is COc1ncccc1NC1CC(c2cccc(F)c2)C1. The van der Waals surface area contributed by atoms with E-state index < -0.39 is 0 Å². The minimum absolute atomic E-state index is 0.159. The molecule has 104 valence electrons. The van der Waals surface area contributed by atoms with Gasteiger partial charge in [-0.25, -0.2) is 9.37 Å². The van der Waals surface area contributed by atoms with Gasteiger partial charge in [0.05, 0.1) is 12.8 Å². The van der Waals surface area contributed by atoms with E-state index in [-0.39, 0.29) is 5.82 Å². The van der Waals surface area contributed by atoms with Crippen LogP contribution < -0.4 is 10.1 Å². The molecule has 2 aromatic rings. The molecule has 1 saturated carbocycles. The van der Waals surface area contributed by atoms with Gasteiger partial charge in [0.15, 0.2) is 0 Å². The van der Waals surface area contributed by atoms with E-state index in [2.05, 4.69) is 10.3 Å². The summed E-state index contributed by atoms with van der Waals surface area (Å²) in [5.74, 6) is 0.889. The number of methoxy groups -OCH3 is 1. The summed E-state index contributed by atoms with van der Waals surface area (Å²) in [5.41, 5.74) is 2.00. The van der Waals surface area contributed by atoms with Crippen molar-refractivity contribution in [2.45, 2.75) is 24.8 Å². The van der Waals surface area contributed by atoms with Crippen molar-refractivity contribution in [3.8, 4) is 5.88 Å². The topological polar surface area (TPSA) is 34.1 Å². The Bertz CT molecular complexity index is 597. The van der Waals surface area contributed by atoms with Crippen LogP contribution in [0.1, 0.15) is 24.3 Å². The molecular weight excluding hydrogens is 255 g/mol. The van der Waals surface area contributed by atoms with Crippen LogP contribution in [0.2, 0.25) is 0 Å². The van der Waals surface area contributed by atoms with Crippen molar-refractivity contribution in [3.63, 3.8) is 0 Å². The fraction of sp³-hybridized carbons (Fsp3) is 0.312. The molecule has 0 atom stereocenters. The Morgan fingerprint density at radius 1 is 1.25 bits per heavy atom. The molecule has 3 nitrogen and oxygen atoms in total. The highest BCUT2D eigenvalue weighted by atomic mass is 19.1. The number of hydrogen-bond donors (Lipinski definition) is 1. The first-order valence-corrected chi connectivity index (χ1v) is 6.77. The summed E-state index contributed by atoms with van der Waals surface area (Å²) >= 11 is 0. The largest absolute Gasteiger partial charge is 0.480 e. The summed E-state index contributed by atoms with van der Waals surface area (Å²) in [6.45, 7) is 0. The zero-order valence-corrected chi connectivity index (χ0v) is 11.3. The van der Waals surface area contributed by atoms with E-state index in [1.54, 1.807) is 25.4 Å². The Labute approximate surface area is 117 Å². The number of benzene rings is 1. The molecule has 1 aliphatic rings. The van der Waals surface area contributed by atoms with Crippen LogP contribution in [-0.2, 0) is 0 Å². The lowest BCUT2D eigenvalue weighted by molar-refractivity contribution is 0.366. The number of hydrogen-bond acceptors (Lipinski definition) is 3. The highest BCUT2D eigenvalue weighted by molar-refractivity contribution is 5.53. The first-order valence-electron chi connectivity index (χ1n) is 6.77.